The number of ether oxygens (including phenoxy) is 1. The molecule has 98 valence electrons. The van der Waals surface area contributed by atoms with Crippen LogP contribution >= 0.6 is 11.3 Å². The molecule has 5 nitrogen and oxygen atoms in total. The average Bonchev–Trinajstić information content (AvgIpc) is 3.10. The standard InChI is InChI=1S/C13H13N3O2S/c17-13(10-4-7-19-9-10)16-6-3-11(8-16)18-12-2-1-5-14-15-12/h1-2,4-5,7,9,11H,3,6,8H2. The number of amides is 1. The molecule has 1 aliphatic heterocycles. The summed E-state index contributed by atoms with van der Waals surface area (Å²) >= 11 is 1.53. The van der Waals surface area contributed by atoms with E-state index in [2.05, 4.69) is 10.2 Å². The summed E-state index contributed by atoms with van der Waals surface area (Å²) in [5.74, 6) is 0.587. The molecule has 1 saturated heterocycles. The smallest absolute Gasteiger partial charge is 0.254 e. The van der Waals surface area contributed by atoms with Gasteiger partial charge in [-0.2, -0.15) is 16.4 Å². The minimum atomic E-state index is -0.000661. The molecule has 2 aromatic heterocycles. The van der Waals surface area contributed by atoms with E-state index in [1.807, 2.05) is 21.7 Å². The summed E-state index contributed by atoms with van der Waals surface area (Å²) in [6.07, 6.45) is 2.43. The zero-order valence-electron chi connectivity index (χ0n) is 10.2. The van der Waals surface area contributed by atoms with Crippen LogP contribution in [0.15, 0.2) is 35.2 Å². The lowest BCUT2D eigenvalue weighted by molar-refractivity contribution is 0.0771. The first-order valence-corrected chi connectivity index (χ1v) is 7.03. The minimum Gasteiger partial charge on any atom is -0.471 e. The lowest BCUT2D eigenvalue weighted by Gasteiger charge is -2.16. The summed E-state index contributed by atoms with van der Waals surface area (Å²) in [7, 11) is 0. The van der Waals surface area contributed by atoms with Crippen molar-refractivity contribution in [3.63, 3.8) is 0 Å². The van der Waals surface area contributed by atoms with Gasteiger partial charge in [0.05, 0.1) is 12.1 Å². The number of rotatable bonds is 3. The molecule has 1 fully saturated rings. The van der Waals surface area contributed by atoms with Crippen molar-refractivity contribution in [1.82, 2.24) is 15.1 Å². The molecule has 2 aromatic rings. The van der Waals surface area contributed by atoms with Crippen LogP contribution in [0.25, 0.3) is 0 Å². The van der Waals surface area contributed by atoms with Crippen LogP contribution in [0.2, 0.25) is 0 Å². The molecule has 1 amide bonds. The highest BCUT2D eigenvalue weighted by Crippen LogP contribution is 2.18. The van der Waals surface area contributed by atoms with Crippen molar-refractivity contribution >= 4 is 17.2 Å². The summed E-state index contributed by atoms with van der Waals surface area (Å²) in [6, 6.07) is 5.41. The zero-order valence-corrected chi connectivity index (χ0v) is 11.0. The second-order valence-corrected chi connectivity index (χ2v) is 5.13. The largest absolute Gasteiger partial charge is 0.471 e. The summed E-state index contributed by atoms with van der Waals surface area (Å²) in [4.78, 5) is 14.0. The van der Waals surface area contributed by atoms with Gasteiger partial charge in [0.2, 0.25) is 5.88 Å². The van der Waals surface area contributed by atoms with Gasteiger partial charge in [0.15, 0.2) is 0 Å². The van der Waals surface area contributed by atoms with Gasteiger partial charge in [-0.3, -0.25) is 4.79 Å². The Balaban J connectivity index is 1.60. The van der Waals surface area contributed by atoms with Gasteiger partial charge in [-0.05, 0) is 17.5 Å². The fourth-order valence-electron chi connectivity index (χ4n) is 2.10. The second kappa shape index (κ2) is 5.36. The van der Waals surface area contributed by atoms with Crippen molar-refractivity contribution in [1.29, 1.82) is 0 Å². The zero-order chi connectivity index (χ0) is 13.1. The SMILES string of the molecule is O=C(c1ccsc1)N1CCC(Oc2cccnn2)C1. The molecular weight excluding hydrogens is 262 g/mol. The van der Waals surface area contributed by atoms with E-state index >= 15 is 0 Å². The highest BCUT2D eigenvalue weighted by atomic mass is 32.1. The first kappa shape index (κ1) is 12.1. The van der Waals surface area contributed by atoms with Crippen molar-refractivity contribution in [2.75, 3.05) is 13.1 Å². The van der Waals surface area contributed by atoms with E-state index in [1.165, 1.54) is 11.3 Å². The topological polar surface area (TPSA) is 55.3 Å². The Hall–Kier alpha value is -1.95. The van der Waals surface area contributed by atoms with Crippen molar-refractivity contribution in [3.05, 3.63) is 40.7 Å². The van der Waals surface area contributed by atoms with Gasteiger partial charge in [0.25, 0.3) is 5.91 Å². The first-order chi connectivity index (χ1) is 9.33. The van der Waals surface area contributed by atoms with E-state index < -0.39 is 0 Å². The molecule has 0 aromatic carbocycles. The molecule has 1 unspecified atom stereocenters. The van der Waals surface area contributed by atoms with Crippen LogP contribution in [0.5, 0.6) is 5.88 Å². The van der Waals surface area contributed by atoms with Crippen LogP contribution in [-0.2, 0) is 0 Å². The van der Waals surface area contributed by atoms with Crippen LogP contribution in [-0.4, -0.2) is 40.2 Å². The number of carbonyl (C=O) groups is 1. The van der Waals surface area contributed by atoms with Crippen molar-refractivity contribution < 1.29 is 9.53 Å². The summed E-state index contributed by atoms with van der Waals surface area (Å²) in [6.45, 7) is 1.32. The Morgan fingerprint density at radius 1 is 1.47 bits per heavy atom. The summed E-state index contributed by atoms with van der Waals surface area (Å²) in [5.41, 5.74) is 0.755. The number of thiophene rings is 1. The fraction of sp³-hybridized carbons (Fsp3) is 0.308. The number of nitrogens with zero attached hydrogens (tertiary/aromatic N) is 3. The van der Waals surface area contributed by atoms with Gasteiger partial charge in [-0.25, -0.2) is 0 Å². The van der Waals surface area contributed by atoms with Crippen molar-refractivity contribution in [2.24, 2.45) is 0 Å². The van der Waals surface area contributed by atoms with E-state index in [4.69, 9.17) is 4.74 Å². The third kappa shape index (κ3) is 2.73. The number of carbonyl (C=O) groups excluding carboxylic acids is 1. The molecule has 0 radical (unpaired) electrons. The molecule has 0 bridgehead atoms. The van der Waals surface area contributed by atoms with E-state index in [1.54, 1.807) is 18.3 Å². The quantitative estimate of drug-likeness (QED) is 0.857. The Labute approximate surface area is 114 Å². The highest BCUT2D eigenvalue weighted by Gasteiger charge is 2.28. The molecule has 6 heteroatoms. The first-order valence-electron chi connectivity index (χ1n) is 6.09. The van der Waals surface area contributed by atoms with Crippen molar-refractivity contribution in [2.45, 2.75) is 12.5 Å². The van der Waals surface area contributed by atoms with Gasteiger partial charge in [0.1, 0.15) is 6.10 Å². The van der Waals surface area contributed by atoms with Crippen LogP contribution in [0.1, 0.15) is 16.8 Å². The molecule has 1 aliphatic rings. The average molecular weight is 275 g/mol. The minimum absolute atomic E-state index is 0.000661. The van der Waals surface area contributed by atoms with E-state index in [9.17, 15) is 4.79 Å². The molecule has 0 aliphatic carbocycles. The van der Waals surface area contributed by atoms with Gasteiger partial charge >= 0.3 is 0 Å². The highest BCUT2D eigenvalue weighted by molar-refractivity contribution is 7.08. The number of hydrogen-bond donors (Lipinski definition) is 0. The second-order valence-electron chi connectivity index (χ2n) is 4.35. The Kier molecular flexibility index (Phi) is 3.41. The number of likely N-dealkylation sites (tertiary alicyclic amines) is 1. The Bertz CT molecular complexity index is 544. The fourth-order valence-corrected chi connectivity index (χ4v) is 2.73. The third-order valence-electron chi connectivity index (χ3n) is 3.04. The Morgan fingerprint density at radius 2 is 2.42 bits per heavy atom. The van der Waals surface area contributed by atoms with Gasteiger partial charge in [-0.1, -0.05) is 0 Å². The van der Waals surface area contributed by atoms with Crippen LogP contribution in [0.3, 0.4) is 0 Å². The molecule has 1 atom stereocenters. The predicted octanol–water partition coefficient (Wildman–Crippen LogP) is 1.83. The lowest BCUT2D eigenvalue weighted by atomic mass is 10.3. The van der Waals surface area contributed by atoms with E-state index in [0.717, 1.165) is 18.5 Å². The van der Waals surface area contributed by atoms with E-state index in [0.29, 0.717) is 12.4 Å². The lowest BCUT2D eigenvalue weighted by Crippen LogP contribution is -2.30. The molecular formula is C13H13N3O2S. The molecule has 0 saturated carbocycles. The van der Waals surface area contributed by atoms with E-state index in [-0.39, 0.29) is 12.0 Å². The molecule has 19 heavy (non-hydrogen) atoms. The Morgan fingerprint density at radius 3 is 3.16 bits per heavy atom. The van der Waals surface area contributed by atoms with Crippen molar-refractivity contribution in [3.8, 4) is 5.88 Å². The van der Waals surface area contributed by atoms with Crippen LogP contribution in [0, 0.1) is 0 Å². The summed E-state index contributed by atoms with van der Waals surface area (Å²) < 4.78 is 5.71. The molecule has 0 spiro atoms. The van der Waals surface area contributed by atoms with Gasteiger partial charge in [-0.15, -0.1) is 5.10 Å². The maximum atomic E-state index is 12.2. The normalized spacial score (nSPS) is 18.5. The molecule has 3 heterocycles. The maximum absolute atomic E-state index is 12.2. The maximum Gasteiger partial charge on any atom is 0.254 e. The van der Waals surface area contributed by atoms with Crippen LogP contribution < -0.4 is 4.74 Å². The summed E-state index contributed by atoms with van der Waals surface area (Å²) in [5, 5.41) is 11.4. The van der Waals surface area contributed by atoms with Crippen LogP contribution in [0.4, 0.5) is 0 Å². The third-order valence-corrected chi connectivity index (χ3v) is 3.72. The predicted molar refractivity (Wildman–Crippen MR) is 71.3 cm³/mol. The number of aromatic nitrogens is 2. The van der Waals surface area contributed by atoms with Gasteiger partial charge < -0.3 is 9.64 Å². The van der Waals surface area contributed by atoms with Gasteiger partial charge in [0, 0.05) is 30.6 Å². The monoisotopic (exact) mass is 275 g/mol. The molecule has 0 N–H and O–H groups in total. The number of hydrogen-bond acceptors (Lipinski definition) is 5. The molecule has 3 rings (SSSR count).